The topological polar surface area (TPSA) is 69.6 Å². The van der Waals surface area contributed by atoms with E-state index in [1.54, 1.807) is 6.08 Å². The summed E-state index contributed by atoms with van der Waals surface area (Å²) in [5.41, 5.74) is 0. The lowest BCUT2D eigenvalue weighted by molar-refractivity contribution is -0.122. The summed E-state index contributed by atoms with van der Waals surface area (Å²) >= 11 is 0. The molecule has 0 saturated heterocycles. The first-order chi connectivity index (χ1) is 30.7. The molecule has 0 fully saturated rings. The van der Waals surface area contributed by atoms with E-state index in [2.05, 4.69) is 92.1 Å². The summed E-state index contributed by atoms with van der Waals surface area (Å²) in [6.45, 7) is 4.17. The lowest BCUT2D eigenvalue weighted by Gasteiger charge is -2.19. The number of unbranched alkanes of at least 4 members (excludes halogenated alkanes) is 29. The maximum Gasteiger partial charge on any atom is 0.220 e. The normalized spacial score (nSPS) is 13.5. The van der Waals surface area contributed by atoms with Crippen molar-refractivity contribution in [2.24, 2.45) is 0 Å². The molecule has 0 aromatic carbocycles. The predicted molar refractivity (Wildman–Crippen MR) is 276 cm³/mol. The average molecular weight is 862 g/mol. The number of carbonyl (C=O) groups excluding carboxylic acids is 1. The summed E-state index contributed by atoms with van der Waals surface area (Å²) in [6.07, 6.45) is 77.6. The van der Waals surface area contributed by atoms with Gasteiger partial charge < -0.3 is 15.5 Å². The van der Waals surface area contributed by atoms with Crippen molar-refractivity contribution in [3.8, 4) is 0 Å². The van der Waals surface area contributed by atoms with Crippen LogP contribution in [0.1, 0.15) is 258 Å². The van der Waals surface area contributed by atoms with E-state index < -0.39 is 12.1 Å². The molecule has 0 spiro atoms. The molecule has 62 heavy (non-hydrogen) atoms. The van der Waals surface area contributed by atoms with E-state index in [1.165, 1.54) is 173 Å². The number of amides is 1. The fraction of sp³-hybridized carbons (Fsp3) is 0.741. The molecule has 0 aromatic rings. The van der Waals surface area contributed by atoms with Crippen LogP contribution in [0.2, 0.25) is 0 Å². The lowest BCUT2D eigenvalue weighted by Crippen LogP contribution is -2.45. The number of allylic oxidation sites excluding steroid dienone is 13. The van der Waals surface area contributed by atoms with E-state index in [1.807, 2.05) is 6.08 Å². The van der Waals surface area contributed by atoms with Crippen LogP contribution >= 0.6 is 0 Å². The highest BCUT2D eigenvalue weighted by atomic mass is 16.3. The van der Waals surface area contributed by atoms with Crippen LogP contribution in [0.4, 0.5) is 0 Å². The van der Waals surface area contributed by atoms with Crippen LogP contribution in [0.15, 0.2) is 85.1 Å². The van der Waals surface area contributed by atoms with Gasteiger partial charge in [0, 0.05) is 6.42 Å². The molecule has 358 valence electrons. The Hall–Kier alpha value is -2.43. The summed E-state index contributed by atoms with van der Waals surface area (Å²) < 4.78 is 0. The van der Waals surface area contributed by atoms with Crippen LogP contribution in [-0.4, -0.2) is 34.9 Å². The predicted octanol–water partition coefficient (Wildman–Crippen LogP) is 17.6. The van der Waals surface area contributed by atoms with E-state index in [0.717, 1.165) is 64.2 Å². The van der Waals surface area contributed by atoms with Gasteiger partial charge in [-0.05, 0) is 70.6 Å². The van der Waals surface area contributed by atoms with E-state index >= 15 is 0 Å². The van der Waals surface area contributed by atoms with E-state index in [-0.39, 0.29) is 12.5 Å². The van der Waals surface area contributed by atoms with Crippen LogP contribution in [-0.2, 0) is 4.79 Å². The molecule has 0 aliphatic heterocycles. The number of rotatable bonds is 48. The smallest absolute Gasteiger partial charge is 0.220 e. The number of hydrogen-bond donors (Lipinski definition) is 3. The molecular formula is C58H103NO3. The van der Waals surface area contributed by atoms with Crippen LogP contribution in [0.3, 0.4) is 0 Å². The van der Waals surface area contributed by atoms with Gasteiger partial charge in [0.25, 0.3) is 0 Å². The van der Waals surface area contributed by atoms with Crippen molar-refractivity contribution in [1.82, 2.24) is 5.32 Å². The second kappa shape index (κ2) is 52.9. The second-order valence-corrected chi connectivity index (χ2v) is 17.9. The van der Waals surface area contributed by atoms with Crippen molar-refractivity contribution in [3.05, 3.63) is 85.1 Å². The van der Waals surface area contributed by atoms with Crippen LogP contribution in [0, 0.1) is 0 Å². The largest absolute Gasteiger partial charge is 0.394 e. The molecule has 3 N–H and O–H groups in total. The Morgan fingerprint density at radius 3 is 1.13 bits per heavy atom. The zero-order valence-electron chi connectivity index (χ0n) is 41.1. The van der Waals surface area contributed by atoms with Gasteiger partial charge in [-0.15, -0.1) is 0 Å². The number of nitrogens with one attached hydrogen (secondary N) is 1. The van der Waals surface area contributed by atoms with Gasteiger partial charge in [-0.25, -0.2) is 0 Å². The molecule has 2 atom stereocenters. The molecule has 4 nitrogen and oxygen atoms in total. The minimum atomic E-state index is -0.891. The molecule has 0 aliphatic carbocycles. The van der Waals surface area contributed by atoms with Gasteiger partial charge in [-0.2, -0.15) is 0 Å². The van der Waals surface area contributed by atoms with Crippen LogP contribution < -0.4 is 5.32 Å². The zero-order valence-corrected chi connectivity index (χ0v) is 41.1. The first-order valence-electron chi connectivity index (χ1n) is 26.8. The maximum absolute atomic E-state index is 12.4. The third kappa shape index (κ3) is 48.6. The molecule has 0 aliphatic rings. The first kappa shape index (κ1) is 59.6. The molecule has 0 bridgehead atoms. The monoisotopic (exact) mass is 862 g/mol. The highest BCUT2D eigenvalue weighted by Gasteiger charge is 2.17. The molecule has 0 radical (unpaired) electrons. The third-order valence-electron chi connectivity index (χ3n) is 11.9. The Morgan fingerprint density at radius 1 is 0.403 bits per heavy atom. The fourth-order valence-corrected chi connectivity index (χ4v) is 7.82. The van der Waals surface area contributed by atoms with Gasteiger partial charge in [0.05, 0.1) is 18.8 Å². The van der Waals surface area contributed by atoms with Crippen molar-refractivity contribution in [2.45, 2.75) is 270 Å². The van der Waals surface area contributed by atoms with E-state index in [4.69, 9.17) is 0 Å². The van der Waals surface area contributed by atoms with Crippen molar-refractivity contribution < 1.29 is 15.0 Å². The van der Waals surface area contributed by atoms with E-state index in [9.17, 15) is 15.0 Å². The Morgan fingerprint density at radius 2 is 0.726 bits per heavy atom. The summed E-state index contributed by atoms with van der Waals surface area (Å²) in [5.74, 6) is -0.132. The van der Waals surface area contributed by atoms with Gasteiger partial charge in [-0.1, -0.05) is 266 Å². The zero-order chi connectivity index (χ0) is 44.9. The molecule has 0 rings (SSSR count). The standard InChI is InChI=1S/C58H103NO3/c1-3-5-7-9-11-13-15-17-19-21-22-23-24-25-26-27-28-29-30-31-32-33-34-35-36-38-39-41-43-45-47-49-51-53-57(61)56(55-60)59-58(62)54-52-50-48-46-44-42-40-37-20-18-16-14-12-10-8-6-4-2/h6,8,12,14,18,20,40,42-43,45-46,48,51,53,56-57,60-61H,3-5,7,9-11,13,15-17,19,21-39,41,44,47,49-50,52,54-55H2,1-2H3,(H,59,62)/b8-6-,14-12-,20-18-,42-40-,45-43+,48-46-,53-51+. The Bertz CT molecular complexity index is 1110. The van der Waals surface area contributed by atoms with Gasteiger partial charge in [0.15, 0.2) is 0 Å². The molecule has 1 amide bonds. The molecular weight excluding hydrogens is 759 g/mol. The molecule has 2 unspecified atom stereocenters. The van der Waals surface area contributed by atoms with Crippen molar-refractivity contribution in [2.75, 3.05) is 6.61 Å². The molecule has 0 saturated carbocycles. The molecule has 0 aromatic heterocycles. The highest BCUT2D eigenvalue weighted by molar-refractivity contribution is 5.76. The Kier molecular flexibility index (Phi) is 50.8. The summed E-state index contributed by atoms with van der Waals surface area (Å²) in [5, 5.41) is 23.0. The van der Waals surface area contributed by atoms with Gasteiger partial charge in [0.2, 0.25) is 5.91 Å². The number of hydrogen-bond acceptors (Lipinski definition) is 3. The Balaban J connectivity index is 3.56. The first-order valence-corrected chi connectivity index (χ1v) is 26.8. The summed E-state index contributed by atoms with van der Waals surface area (Å²) in [6, 6.07) is -0.675. The Labute approximate surface area is 386 Å². The summed E-state index contributed by atoms with van der Waals surface area (Å²) in [4.78, 5) is 12.4. The minimum absolute atomic E-state index is 0.132. The number of aliphatic hydroxyl groups excluding tert-OH is 2. The average Bonchev–Trinajstić information content (AvgIpc) is 3.28. The highest BCUT2D eigenvalue weighted by Crippen LogP contribution is 2.16. The van der Waals surface area contributed by atoms with Crippen molar-refractivity contribution in [1.29, 1.82) is 0 Å². The fourth-order valence-electron chi connectivity index (χ4n) is 7.82. The van der Waals surface area contributed by atoms with Gasteiger partial charge in [-0.3, -0.25) is 4.79 Å². The van der Waals surface area contributed by atoms with Gasteiger partial charge in [0.1, 0.15) is 0 Å². The SMILES string of the molecule is CC/C=C\C/C=C\C/C=C\C/C=C\C/C=C\CCCC(=O)NC(CO)C(O)/C=C/CC/C=C/CCCCCCCCCCCCCCCCCCCCCCCCCCCCC. The molecule has 0 heterocycles. The van der Waals surface area contributed by atoms with Crippen LogP contribution in [0.5, 0.6) is 0 Å². The van der Waals surface area contributed by atoms with Gasteiger partial charge >= 0.3 is 0 Å². The van der Waals surface area contributed by atoms with E-state index in [0.29, 0.717) is 6.42 Å². The minimum Gasteiger partial charge on any atom is -0.394 e. The lowest BCUT2D eigenvalue weighted by atomic mass is 10.0. The molecule has 4 heteroatoms. The quantitative estimate of drug-likeness (QED) is 0.0422. The number of carbonyl (C=O) groups is 1. The van der Waals surface area contributed by atoms with Crippen molar-refractivity contribution >= 4 is 5.91 Å². The second-order valence-electron chi connectivity index (χ2n) is 17.9. The third-order valence-corrected chi connectivity index (χ3v) is 11.9. The maximum atomic E-state index is 12.4. The van der Waals surface area contributed by atoms with Crippen LogP contribution in [0.25, 0.3) is 0 Å². The van der Waals surface area contributed by atoms with Crippen molar-refractivity contribution in [3.63, 3.8) is 0 Å². The summed E-state index contributed by atoms with van der Waals surface area (Å²) in [7, 11) is 0. The number of aliphatic hydroxyl groups is 2.